The van der Waals surface area contributed by atoms with Crippen molar-refractivity contribution in [3.63, 3.8) is 0 Å². The minimum atomic E-state index is -0.288. The van der Waals surface area contributed by atoms with Crippen molar-refractivity contribution < 1.29 is 9.50 Å². The van der Waals surface area contributed by atoms with Crippen LogP contribution in [0, 0.1) is 5.82 Å². The lowest BCUT2D eigenvalue weighted by Gasteiger charge is -2.23. The molecule has 1 rings (SSSR count). The molecule has 4 heteroatoms. The van der Waals surface area contributed by atoms with Crippen molar-refractivity contribution in [3.05, 3.63) is 29.6 Å². The first kappa shape index (κ1) is 11.9. The molecule has 0 aliphatic carbocycles. The maximum absolute atomic E-state index is 13.0. The van der Waals surface area contributed by atoms with Crippen LogP contribution in [0.5, 0.6) is 0 Å². The van der Waals surface area contributed by atoms with Gasteiger partial charge in [0.2, 0.25) is 0 Å². The monoisotopic (exact) mass is 212 g/mol. The fraction of sp³-hybridized carbons (Fsp3) is 0.455. The van der Waals surface area contributed by atoms with E-state index in [1.807, 2.05) is 18.9 Å². The Morgan fingerprint density at radius 2 is 2.20 bits per heavy atom. The highest BCUT2D eigenvalue weighted by atomic mass is 19.1. The second kappa shape index (κ2) is 5.09. The van der Waals surface area contributed by atoms with Crippen LogP contribution in [0.25, 0.3) is 0 Å². The molecule has 3 nitrogen and oxygen atoms in total. The minimum Gasteiger partial charge on any atom is -0.398 e. The summed E-state index contributed by atoms with van der Waals surface area (Å²) in [6.45, 7) is 2.51. The fourth-order valence-corrected chi connectivity index (χ4v) is 1.28. The van der Waals surface area contributed by atoms with Crippen LogP contribution in [0.3, 0.4) is 0 Å². The first-order valence-electron chi connectivity index (χ1n) is 4.89. The molecule has 0 bridgehead atoms. The van der Waals surface area contributed by atoms with Crippen LogP contribution in [0.1, 0.15) is 12.5 Å². The average molecular weight is 212 g/mol. The second-order valence-electron chi connectivity index (χ2n) is 3.79. The lowest BCUT2D eigenvalue weighted by atomic mass is 10.1. The van der Waals surface area contributed by atoms with Gasteiger partial charge in [0.1, 0.15) is 5.82 Å². The van der Waals surface area contributed by atoms with Gasteiger partial charge in [0.15, 0.2) is 0 Å². The smallest absolute Gasteiger partial charge is 0.123 e. The molecule has 0 fully saturated rings. The summed E-state index contributed by atoms with van der Waals surface area (Å²) in [7, 11) is 1.87. The first-order chi connectivity index (χ1) is 7.04. The third-order valence-corrected chi connectivity index (χ3v) is 2.54. The second-order valence-corrected chi connectivity index (χ2v) is 3.79. The van der Waals surface area contributed by atoms with Crippen LogP contribution in [0.15, 0.2) is 18.2 Å². The highest BCUT2D eigenvalue weighted by molar-refractivity contribution is 5.46. The number of benzene rings is 1. The molecule has 0 radical (unpaired) electrons. The van der Waals surface area contributed by atoms with Gasteiger partial charge >= 0.3 is 0 Å². The van der Waals surface area contributed by atoms with Crippen molar-refractivity contribution in [2.24, 2.45) is 0 Å². The summed E-state index contributed by atoms with van der Waals surface area (Å²) in [5.74, 6) is -0.288. The molecule has 3 N–H and O–H groups in total. The topological polar surface area (TPSA) is 49.5 Å². The quantitative estimate of drug-likeness (QED) is 0.738. The van der Waals surface area contributed by atoms with Crippen molar-refractivity contribution in [2.75, 3.05) is 19.4 Å². The van der Waals surface area contributed by atoms with E-state index in [0.29, 0.717) is 12.2 Å². The van der Waals surface area contributed by atoms with Crippen LogP contribution in [-0.2, 0) is 6.54 Å². The number of nitrogens with two attached hydrogens (primary N) is 1. The third kappa shape index (κ3) is 3.18. The number of anilines is 1. The Balaban J connectivity index is 2.75. The number of nitrogens with zero attached hydrogens (tertiary/aromatic N) is 1. The van der Waals surface area contributed by atoms with Gasteiger partial charge in [0.05, 0.1) is 6.61 Å². The molecule has 0 spiro atoms. The molecule has 0 amide bonds. The summed E-state index contributed by atoms with van der Waals surface area (Å²) < 4.78 is 13.0. The van der Waals surface area contributed by atoms with Crippen molar-refractivity contribution in [1.82, 2.24) is 4.90 Å². The van der Waals surface area contributed by atoms with Gasteiger partial charge in [0.25, 0.3) is 0 Å². The van der Waals surface area contributed by atoms with Gasteiger partial charge in [-0.05, 0) is 37.7 Å². The van der Waals surface area contributed by atoms with Crippen molar-refractivity contribution >= 4 is 5.69 Å². The van der Waals surface area contributed by atoms with Gasteiger partial charge in [-0.15, -0.1) is 0 Å². The minimum absolute atomic E-state index is 0.0349. The lowest BCUT2D eigenvalue weighted by Crippen LogP contribution is -2.31. The van der Waals surface area contributed by atoms with Crippen LogP contribution in [0.4, 0.5) is 10.1 Å². The number of hydrogen-bond acceptors (Lipinski definition) is 3. The average Bonchev–Trinajstić information content (AvgIpc) is 2.22. The molecule has 0 heterocycles. The number of aliphatic hydroxyl groups excluding tert-OH is 1. The van der Waals surface area contributed by atoms with Crippen LogP contribution < -0.4 is 5.73 Å². The van der Waals surface area contributed by atoms with Crippen molar-refractivity contribution in [2.45, 2.75) is 19.5 Å². The Hall–Kier alpha value is -1.13. The zero-order valence-electron chi connectivity index (χ0n) is 9.07. The molecule has 84 valence electrons. The number of nitrogen functional groups attached to an aromatic ring is 1. The van der Waals surface area contributed by atoms with Gasteiger partial charge in [-0.3, -0.25) is 4.90 Å². The SMILES string of the molecule is CC(CO)N(C)Cc1cc(F)ccc1N. The summed E-state index contributed by atoms with van der Waals surface area (Å²) in [4.78, 5) is 1.92. The van der Waals surface area contributed by atoms with E-state index in [4.69, 9.17) is 10.8 Å². The van der Waals surface area contributed by atoms with Crippen LogP contribution in [0.2, 0.25) is 0 Å². The van der Waals surface area contributed by atoms with Crippen LogP contribution >= 0.6 is 0 Å². The number of aliphatic hydroxyl groups is 1. The molecule has 0 aromatic heterocycles. The Morgan fingerprint density at radius 1 is 1.53 bits per heavy atom. The lowest BCUT2D eigenvalue weighted by molar-refractivity contribution is 0.154. The van der Waals surface area contributed by atoms with Gasteiger partial charge < -0.3 is 10.8 Å². The Morgan fingerprint density at radius 3 is 2.80 bits per heavy atom. The van der Waals surface area contributed by atoms with Crippen molar-refractivity contribution in [1.29, 1.82) is 0 Å². The normalized spacial score (nSPS) is 13.1. The molecule has 1 atom stereocenters. The van der Waals surface area contributed by atoms with E-state index in [2.05, 4.69) is 0 Å². The summed E-state index contributed by atoms with van der Waals surface area (Å²) in [5, 5.41) is 8.96. The molecule has 0 saturated carbocycles. The predicted molar refractivity (Wildman–Crippen MR) is 58.8 cm³/mol. The van der Waals surface area contributed by atoms with Crippen LogP contribution in [-0.4, -0.2) is 29.7 Å². The fourth-order valence-electron chi connectivity index (χ4n) is 1.28. The highest BCUT2D eigenvalue weighted by Gasteiger charge is 2.10. The van der Waals surface area contributed by atoms with E-state index in [1.165, 1.54) is 12.1 Å². The van der Waals surface area contributed by atoms with E-state index in [0.717, 1.165) is 5.56 Å². The highest BCUT2D eigenvalue weighted by Crippen LogP contribution is 2.15. The first-order valence-corrected chi connectivity index (χ1v) is 4.89. The molecular formula is C11H17FN2O. The summed E-state index contributed by atoms with van der Waals surface area (Å²) in [6, 6.07) is 4.36. The zero-order chi connectivity index (χ0) is 11.4. The zero-order valence-corrected chi connectivity index (χ0v) is 9.07. The standard InChI is InChI=1S/C11H17FN2O/c1-8(7-15)14(2)6-9-5-10(12)3-4-11(9)13/h3-5,8,15H,6-7,13H2,1-2H3. The molecule has 0 aliphatic rings. The number of hydrogen-bond donors (Lipinski definition) is 2. The summed E-state index contributed by atoms with van der Waals surface area (Å²) in [6.07, 6.45) is 0. The van der Waals surface area contributed by atoms with Gasteiger partial charge in [-0.2, -0.15) is 0 Å². The Labute approximate surface area is 89.3 Å². The van der Waals surface area contributed by atoms with Gasteiger partial charge in [-0.25, -0.2) is 4.39 Å². The Bertz CT molecular complexity index is 330. The summed E-state index contributed by atoms with van der Waals surface area (Å²) in [5.41, 5.74) is 7.05. The summed E-state index contributed by atoms with van der Waals surface area (Å²) >= 11 is 0. The number of rotatable bonds is 4. The number of halogens is 1. The van der Waals surface area contributed by atoms with E-state index in [-0.39, 0.29) is 18.5 Å². The molecule has 1 aromatic rings. The van der Waals surface area contributed by atoms with Gasteiger partial charge in [-0.1, -0.05) is 0 Å². The molecular weight excluding hydrogens is 195 g/mol. The number of likely N-dealkylation sites (N-methyl/N-ethyl adjacent to an activating group) is 1. The third-order valence-electron chi connectivity index (χ3n) is 2.54. The van der Waals surface area contributed by atoms with Crippen molar-refractivity contribution in [3.8, 4) is 0 Å². The van der Waals surface area contributed by atoms with E-state index >= 15 is 0 Å². The predicted octanol–water partition coefficient (Wildman–Crippen LogP) is 1.22. The maximum Gasteiger partial charge on any atom is 0.123 e. The largest absolute Gasteiger partial charge is 0.398 e. The Kier molecular flexibility index (Phi) is 4.05. The molecule has 1 unspecified atom stereocenters. The van der Waals surface area contributed by atoms with Gasteiger partial charge in [0, 0.05) is 18.3 Å². The molecule has 15 heavy (non-hydrogen) atoms. The van der Waals surface area contributed by atoms with E-state index in [9.17, 15) is 4.39 Å². The molecule has 0 aliphatic heterocycles. The molecule has 1 aromatic carbocycles. The molecule has 0 saturated heterocycles. The van der Waals surface area contributed by atoms with E-state index in [1.54, 1.807) is 6.07 Å². The maximum atomic E-state index is 13.0. The van der Waals surface area contributed by atoms with E-state index < -0.39 is 0 Å².